The van der Waals surface area contributed by atoms with E-state index in [0.717, 1.165) is 79.4 Å². The van der Waals surface area contributed by atoms with Gasteiger partial charge in [0.25, 0.3) is 0 Å². The number of aromatic amines is 1. The summed E-state index contributed by atoms with van der Waals surface area (Å²) in [5, 5.41) is 23.1. The molecule has 1 saturated carbocycles. The maximum absolute atomic E-state index is 13.7. The van der Waals surface area contributed by atoms with E-state index < -0.39 is 16.1 Å². The molecule has 2 heterocycles. The highest BCUT2D eigenvalue weighted by molar-refractivity contribution is 7.89. The molecule has 0 spiro atoms. The summed E-state index contributed by atoms with van der Waals surface area (Å²) >= 11 is 0. The van der Waals surface area contributed by atoms with Crippen LogP contribution in [-0.2, 0) is 26.0 Å². The van der Waals surface area contributed by atoms with Crippen molar-refractivity contribution in [2.24, 2.45) is 17.6 Å². The molecule has 1 saturated heterocycles. The first-order valence-electron chi connectivity index (χ1n) is 17.3. The van der Waals surface area contributed by atoms with Crippen molar-refractivity contribution in [2.45, 2.75) is 68.8 Å². The molecule has 4 aromatic rings. The molecule has 15 heteroatoms. The third-order valence-electron chi connectivity index (χ3n) is 9.83. The van der Waals surface area contributed by atoms with Crippen LogP contribution in [-0.4, -0.2) is 72.6 Å². The topological polar surface area (TPSA) is 197 Å². The number of carbonyl (C=O) groups excluding carboxylic acids is 2. The Labute approximate surface area is 304 Å². The lowest BCUT2D eigenvalue weighted by Crippen LogP contribution is -2.48. The number of aromatic nitrogens is 4. The van der Waals surface area contributed by atoms with E-state index in [4.69, 9.17) is 5.73 Å². The first-order chi connectivity index (χ1) is 24.2. The molecule has 3 aromatic carbocycles. The average Bonchev–Trinajstić information content (AvgIpc) is 3.68. The second-order valence-electron chi connectivity index (χ2n) is 13.4. The lowest BCUT2D eigenvalue weighted by Gasteiger charge is -2.28. The molecule has 1 atom stereocenters. The number of tetrazole rings is 1. The van der Waals surface area contributed by atoms with Gasteiger partial charge in [0.2, 0.25) is 21.8 Å². The fourth-order valence-corrected chi connectivity index (χ4v) is 8.18. The Hall–Kier alpha value is -4.21. The van der Waals surface area contributed by atoms with Crippen molar-refractivity contribution < 1.29 is 18.0 Å². The van der Waals surface area contributed by atoms with E-state index in [2.05, 4.69) is 41.3 Å². The number of hydrogen-bond donors (Lipinski definition) is 6. The number of aryl methyl sites for hydroxylation is 1. The van der Waals surface area contributed by atoms with Crippen LogP contribution < -0.4 is 26.4 Å². The van der Waals surface area contributed by atoms with Gasteiger partial charge in [0.15, 0.2) is 5.82 Å². The van der Waals surface area contributed by atoms with E-state index >= 15 is 0 Å². The van der Waals surface area contributed by atoms with Crippen LogP contribution in [0.1, 0.15) is 49.7 Å². The predicted octanol–water partition coefficient (Wildman–Crippen LogP) is 3.73. The van der Waals surface area contributed by atoms with E-state index in [9.17, 15) is 18.0 Å². The first kappa shape index (κ1) is 38.0. The quantitative estimate of drug-likeness (QED) is 0.126. The lowest BCUT2D eigenvalue weighted by molar-refractivity contribution is -0.130. The van der Waals surface area contributed by atoms with Crippen molar-refractivity contribution in [3.8, 4) is 22.5 Å². The molecular weight excluding hydrogens is 690 g/mol. The number of sulfonamides is 1. The van der Waals surface area contributed by atoms with Crippen LogP contribution in [0.4, 0.5) is 5.69 Å². The monoisotopic (exact) mass is 735 g/mol. The summed E-state index contributed by atoms with van der Waals surface area (Å²) < 4.78 is 29.0. The number of nitrogens with two attached hydrogens (primary N) is 1. The Morgan fingerprint density at radius 2 is 1.61 bits per heavy atom. The Kier molecular flexibility index (Phi) is 12.9. The molecule has 1 aliphatic carbocycles. The van der Waals surface area contributed by atoms with Crippen LogP contribution in [0, 0.1) is 18.8 Å². The van der Waals surface area contributed by atoms with Crippen LogP contribution in [0.5, 0.6) is 0 Å². The average molecular weight is 736 g/mol. The number of amides is 2. The Morgan fingerprint density at radius 1 is 0.922 bits per heavy atom. The second-order valence-corrected chi connectivity index (χ2v) is 15.1. The molecule has 0 unspecified atom stereocenters. The third kappa shape index (κ3) is 9.77. The molecule has 7 N–H and O–H groups in total. The summed E-state index contributed by atoms with van der Waals surface area (Å²) in [6.45, 7) is 4.12. The van der Waals surface area contributed by atoms with Gasteiger partial charge in [-0.2, -0.15) is 0 Å². The summed E-state index contributed by atoms with van der Waals surface area (Å²) in [5.74, 6) is 0.354. The minimum atomic E-state index is -3.63. The molecule has 1 aliphatic heterocycles. The van der Waals surface area contributed by atoms with Gasteiger partial charge < -0.3 is 21.7 Å². The second kappa shape index (κ2) is 17.3. The standard InChI is InChI=1S/C36H45N9O4S.ClH/c1-23-20-31(50(48,49)43-30-16-18-38-19-17-30)14-15-32(23)26-6-2-24(3-7-26)21-33(40-35(46)28-8-4-25(22-37)5-9-28)36(47)39-29-12-10-27(11-13-29)34-41-44-45-42-34;/h2-3,6-7,10-15,20,25,28,30,33,38,43H,4-5,8-9,16-19,21-22,37H2,1H3,(H,39,47)(H,40,46)(H,41,42,44,45);1H/t25-,28-,33-;/m0./s1. The van der Waals surface area contributed by atoms with E-state index in [1.54, 1.807) is 36.4 Å². The van der Waals surface area contributed by atoms with Crippen molar-refractivity contribution in [3.63, 3.8) is 0 Å². The number of halogens is 1. The number of nitrogens with zero attached hydrogens (tertiary/aromatic N) is 3. The molecule has 2 fully saturated rings. The van der Waals surface area contributed by atoms with Gasteiger partial charge in [-0.25, -0.2) is 18.2 Å². The number of H-pyrrole nitrogens is 1. The summed E-state index contributed by atoms with van der Waals surface area (Å²) in [6, 6.07) is 19.2. The zero-order valence-electron chi connectivity index (χ0n) is 28.6. The van der Waals surface area contributed by atoms with E-state index in [1.807, 2.05) is 37.3 Å². The maximum atomic E-state index is 13.7. The number of rotatable bonds is 12. The molecule has 13 nitrogen and oxygen atoms in total. The number of anilines is 1. The SMILES string of the molecule is Cc1cc(S(=O)(=O)NC2CCNCC2)ccc1-c1ccc(C[C@H](NC(=O)[C@H]2CC[C@H](CN)CC2)C(=O)Nc2ccc(-c3nnn[nH]3)cc2)cc1.Cl. The van der Waals surface area contributed by atoms with E-state index in [-0.39, 0.29) is 47.5 Å². The molecular formula is C36H46ClN9O4S. The summed E-state index contributed by atoms with van der Waals surface area (Å²) in [5.41, 5.74) is 10.8. The van der Waals surface area contributed by atoms with Crippen LogP contribution >= 0.6 is 12.4 Å². The molecule has 2 amide bonds. The molecule has 0 bridgehead atoms. The Morgan fingerprint density at radius 3 is 2.24 bits per heavy atom. The third-order valence-corrected chi connectivity index (χ3v) is 11.3. The van der Waals surface area contributed by atoms with Crippen LogP contribution in [0.3, 0.4) is 0 Å². The maximum Gasteiger partial charge on any atom is 0.247 e. The van der Waals surface area contributed by atoms with Crippen molar-refractivity contribution in [3.05, 3.63) is 77.9 Å². The zero-order chi connectivity index (χ0) is 35.1. The van der Waals surface area contributed by atoms with E-state index in [0.29, 0.717) is 24.0 Å². The van der Waals surface area contributed by atoms with Crippen LogP contribution in [0.25, 0.3) is 22.5 Å². The fourth-order valence-electron chi connectivity index (χ4n) is 6.79. The van der Waals surface area contributed by atoms with Gasteiger partial charge in [-0.15, -0.1) is 17.5 Å². The van der Waals surface area contributed by atoms with Crippen molar-refractivity contribution in [1.82, 2.24) is 36.0 Å². The molecule has 0 radical (unpaired) electrons. The predicted molar refractivity (Wildman–Crippen MR) is 198 cm³/mol. The van der Waals surface area contributed by atoms with Gasteiger partial charge in [-0.05, 0) is 140 Å². The molecule has 51 heavy (non-hydrogen) atoms. The summed E-state index contributed by atoms with van der Waals surface area (Å²) in [4.78, 5) is 27.3. The van der Waals surface area contributed by atoms with Gasteiger partial charge in [0.1, 0.15) is 6.04 Å². The Bertz CT molecular complexity index is 1860. The summed E-state index contributed by atoms with van der Waals surface area (Å²) in [6.07, 6.45) is 5.13. The van der Waals surface area contributed by atoms with Crippen LogP contribution in [0.15, 0.2) is 71.6 Å². The number of benzene rings is 3. The zero-order valence-corrected chi connectivity index (χ0v) is 30.2. The minimum Gasteiger partial charge on any atom is -0.344 e. The fraction of sp³-hybridized carbons (Fsp3) is 0.417. The molecule has 2 aliphatic rings. The molecule has 6 rings (SSSR count). The van der Waals surface area contributed by atoms with Gasteiger partial charge >= 0.3 is 0 Å². The Balaban J connectivity index is 0.00000504. The summed E-state index contributed by atoms with van der Waals surface area (Å²) in [7, 11) is -3.63. The normalized spacial score (nSPS) is 18.7. The molecule has 272 valence electrons. The van der Waals surface area contributed by atoms with Crippen LogP contribution in [0.2, 0.25) is 0 Å². The molecule has 1 aromatic heterocycles. The highest BCUT2D eigenvalue weighted by atomic mass is 35.5. The number of hydrogen-bond acceptors (Lipinski definition) is 9. The number of piperidine rings is 1. The first-order valence-corrected chi connectivity index (χ1v) is 18.8. The largest absolute Gasteiger partial charge is 0.344 e. The van der Waals surface area contributed by atoms with Crippen molar-refractivity contribution in [1.29, 1.82) is 0 Å². The van der Waals surface area contributed by atoms with Crippen molar-refractivity contribution in [2.75, 3.05) is 25.0 Å². The number of carbonyl (C=O) groups is 2. The van der Waals surface area contributed by atoms with Gasteiger partial charge in [-0.1, -0.05) is 30.3 Å². The highest BCUT2D eigenvalue weighted by Crippen LogP contribution is 2.29. The van der Waals surface area contributed by atoms with Gasteiger partial charge in [-0.3, -0.25) is 9.59 Å². The van der Waals surface area contributed by atoms with Gasteiger partial charge in [0.05, 0.1) is 4.90 Å². The smallest absolute Gasteiger partial charge is 0.247 e. The lowest BCUT2D eigenvalue weighted by atomic mass is 9.81. The number of nitrogens with one attached hydrogen (secondary N) is 5. The highest BCUT2D eigenvalue weighted by Gasteiger charge is 2.29. The van der Waals surface area contributed by atoms with Gasteiger partial charge in [0, 0.05) is 29.6 Å². The minimum absolute atomic E-state index is 0. The van der Waals surface area contributed by atoms with Crippen molar-refractivity contribution >= 4 is 39.9 Å². The van der Waals surface area contributed by atoms with E-state index in [1.165, 1.54) is 0 Å².